The summed E-state index contributed by atoms with van der Waals surface area (Å²) in [4.78, 5) is 19.9. The zero-order valence-corrected chi connectivity index (χ0v) is 14.8. The fourth-order valence-electron chi connectivity index (χ4n) is 2.96. The SMILES string of the molecule is [B]c1ccc2nc(Nc3cc(CC=O)cc(-c4cnn(C)c4)c3)ncc2c1. The number of anilines is 2. The van der Waals surface area contributed by atoms with Crippen molar-refractivity contribution in [3.63, 3.8) is 0 Å². The standard InChI is InChI=1S/C20H16BN5O/c1-26-12-16(11-23-26)14-6-13(4-5-27)7-18(9-14)24-20-22-10-15-8-17(21)2-3-19(15)25-20/h2-3,5-12H,4H2,1H3,(H,22,24,25). The fourth-order valence-corrected chi connectivity index (χ4v) is 2.96. The van der Waals surface area contributed by atoms with Gasteiger partial charge in [0, 0.05) is 42.5 Å². The molecule has 2 aromatic heterocycles. The number of aromatic nitrogens is 4. The van der Waals surface area contributed by atoms with E-state index in [4.69, 9.17) is 7.85 Å². The van der Waals surface area contributed by atoms with Gasteiger partial charge in [0.1, 0.15) is 14.1 Å². The number of fused-ring (bicyclic) bond motifs is 1. The van der Waals surface area contributed by atoms with Crippen molar-refractivity contribution >= 4 is 42.1 Å². The first-order valence-corrected chi connectivity index (χ1v) is 8.46. The van der Waals surface area contributed by atoms with E-state index in [1.807, 2.05) is 49.6 Å². The smallest absolute Gasteiger partial charge is 0.227 e. The topological polar surface area (TPSA) is 72.7 Å². The molecule has 7 heteroatoms. The molecule has 0 bridgehead atoms. The summed E-state index contributed by atoms with van der Waals surface area (Å²) in [5.41, 5.74) is 5.14. The summed E-state index contributed by atoms with van der Waals surface area (Å²) in [6.07, 6.45) is 6.68. The molecule has 2 radical (unpaired) electrons. The van der Waals surface area contributed by atoms with Crippen molar-refractivity contribution in [2.24, 2.45) is 7.05 Å². The predicted molar refractivity (Wildman–Crippen MR) is 107 cm³/mol. The van der Waals surface area contributed by atoms with E-state index in [0.29, 0.717) is 17.8 Å². The highest BCUT2D eigenvalue weighted by Crippen LogP contribution is 2.26. The van der Waals surface area contributed by atoms with Gasteiger partial charge in [-0.1, -0.05) is 23.7 Å². The summed E-state index contributed by atoms with van der Waals surface area (Å²) < 4.78 is 1.74. The van der Waals surface area contributed by atoms with Crippen LogP contribution in [-0.4, -0.2) is 33.9 Å². The highest BCUT2D eigenvalue weighted by Gasteiger charge is 2.07. The predicted octanol–water partition coefficient (Wildman–Crippen LogP) is 2.31. The van der Waals surface area contributed by atoms with Crippen LogP contribution in [0.2, 0.25) is 0 Å². The molecule has 4 aromatic rings. The maximum Gasteiger partial charge on any atom is 0.227 e. The van der Waals surface area contributed by atoms with Crippen molar-refractivity contribution in [3.8, 4) is 11.1 Å². The number of nitrogens with zero attached hydrogens (tertiary/aromatic N) is 4. The number of hydrogen-bond donors (Lipinski definition) is 1. The van der Waals surface area contributed by atoms with E-state index in [1.54, 1.807) is 17.1 Å². The van der Waals surface area contributed by atoms with E-state index in [2.05, 4.69) is 20.4 Å². The molecule has 0 saturated heterocycles. The molecule has 6 nitrogen and oxygen atoms in total. The van der Waals surface area contributed by atoms with Crippen LogP contribution in [0.3, 0.4) is 0 Å². The van der Waals surface area contributed by atoms with Crippen LogP contribution in [0, 0.1) is 0 Å². The summed E-state index contributed by atoms with van der Waals surface area (Å²) in [6, 6.07) is 11.4. The van der Waals surface area contributed by atoms with Crippen LogP contribution >= 0.6 is 0 Å². The van der Waals surface area contributed by atoms with Gasteiger partial charge in [-0.2, -0.15) is 5.10 Å². The quantitative estimate of drug-likeness (QED) is 0.440. The van der Waals surface area contributed by atoms with Crippen molar-refractivity contribution in [1.82, 2.24) is 19.7 Å². The number of hydrogen-bond acceptors (Lipinski definition) is 5. The molecule has 0 aliphatic heterocycles. The maximum atomic E-state index is 11.0. The number of carbonyl (C=O) groups is 1. The van der Waals surface area contributed by atoms with Gasteiger partial charge < -0.3 is 10.1 Å². The zero-order chi connectivity index (χ0) is 18.8. The molecule has 0 amide bonds. The number of benzene rings is 2. The Morgan fingerprint density at radius 1 is 1.15 bits per heavy atom. The second-order valence-corrected chi connectivity index (χ2v) is 6.33. The molecule has 0 unspecified atom stereocenters. The lowest BCUT2D eigenvalue weighted by atomic mass is 9.95. The third-order valence-electron chi connectivity index (χ3n) is 4.21. The van der Waals surface area contributed by atoms with E-state index >= 15 is 0 Å². The summed E-state index contributed by atoms with van der Waals surface area (Å²) >= 11 is 0. The molecule has 0 aliphatic rings. The minimum Gasteiger partial charge on any atom is -0.324 e. The van der Waals surface area contributed by atoms with Gasteiger partial charge in [-0.05, 0) is 29.3 Å². The number of aryl methyl sites for hydroxylation is 1. The minimum atomic E-state index is 0.334. The lowest BCUT2D eigenvalue weighted by molar-refractivity contribution is -0.107. The summed E-state index contributed by atoms with van der Waals surface area (Å²) in [5, 5.41) is 8.33. The first-order valence-electron chi connectivity index (χ1n) is 8.46. The van der Waals surface area contributed by atoms with Gasteiger partial charge in [-0.3, -0.25) is 4.68 Å². The summed E-state index contributed by atoms with van der Waals surface area (Å²) in [5.74, 6) is 0.479. The van der Waals surface area contributed by atoms with Crippen LogP contribution in [-0.2, 0) is 18.3 Å². The first-order chi connectivity index (χ1) is 13.1. The molecule has 4 rings (SSSR count). The highest BCUT2D eigenvalue weighted by atomic mass is 16.1. The van der Waals surface area contributed by atoms with Gasteiger partial charge in [0.25, 0.3) is 0 Å². The Morgan fingerprint density at radius 2 is 2.04 bits per heavy atom. The summed E-state index contributed by atoms with van der Waals surface area (Å²) in [6.45, 7) is 0. The highest BCUT2D eigenvalue weighted by molar-refractivity contribution is 6.33. The summed E-state index contributed by atoms with van der Waals surface area (Å²) in [7, 11) is 7.67. The van der Waals surface area contributed by atoms with Crippen LogP contribution in [0.5, 0.6) is 0 Å². The number of aldehydes is 1. The second-order valence-electron chi connectivity index (χ2n) is 6.33. The molecule has 2 heterocycles. The third-order valence-corrected chi connectivity index (χ3v) is 4.21. The monoisotopic (exact) mass is 353 g/mol. The molecule has 0 fully saturated rings. The van der Waals surface area contributed by atoms with E-state index in [-0.39, 0.29) is 0 Å². The zero-order valence-electron chi connectivity index (χ0n) is 14.8. The molecule has 1 N–H and O–H groups in total. The lowest BCUT2D eigenvalue weighted by Crippen LogP contribution is -2.03. The van der Waals surface area contributed by atoms with Gasteiger partial charge in [-0.15, -0.1) is 0 Å². The molecule has 27 heavy (non-hydrogen) atoms. The van der Waals surface area contributed by atoms with Crippen LogP contribution in [0.25, 0.3) is 22.0 Å². The average Bonchev–Trinajstić information content (AvgIpc) is 3.08. The van der Waals surface area contributed by atoms with E-state index < -0.39 is 0 Å². The van der Waals surface area contributed by atoms with E-state index in [0.717, 1.165) is 39.6 Å². The molecule has 0 spiro atoms. The molecule has 130 valence electrons. The molecular weight excluding hydrogens is 337 g/mol. The number of rotatable bonds is 5. The van der Waals surface area contributed by atoms with E-state index in [1.165, 1.54) is 0 Å². The van der Waals surface area contributed by atoms with Gasteiger partial charge >= 0.3 is 0 Å². The minimum absolute atomic E-state index is 0.334. The number of carbonyl (C=O) groups excluding carboxylic acids is 1. The van der Waals surface area contributed by atoms with Gasteiger partial charge in [0.05, 0.1) is 11.7 Å². The first kappa shape index (κ1) is 17.0. The van der Waals surface area contributed by atoms with Crippen molar-refractivity contribution in [2.75, 3.05) is 5.32 Å². The number of nitrogens with one attached hydrogen (secondary N) is 1. The van der Waals surface area contributed by atoms with Crippen molar-refractivity contribution in [1.29, 1.82) is 0 Å². The largest absolute Gasteiger partial charge is 0.324 e. The van der Waals surface area contributed by atoms with Gasteiger partial charge in [0.2, 0.25) is 5.95 Å². The lowest BCUT2D eigenvalue weighted by Gasteiger charge is -2.10. The Hall–Kier alpha value is -3.48. The van der Waals surface area contributed by atoms with Gasteiger partial charge in [0.15, 0.2) is 0 Å². The van der Waals surface area contributed by atoms with Crippen molar-refractivity contribution in [3.05, 3.63) is 60.6 Å². The molecule has 0 atom stereocenters. The molecule has 2 aromatic carbocycles. The van der Waals surface area contributed by atoms with Crippen LogP contribution in [0.15, 0.2) is 55.0 Å². The molecular formula is C20H16BN5O. The Bertz CT molecular complexity index is 1140. The maximum absolute atomic E-state index is 11.0. The van der Waals surface area contributed by atoms with Crippen molar-refractivity contribution < 1.29 is 4.79 Å². The molecule has 0 aliphatic carbocycles. The fraction of sp³-hybridized carbons (Fsp3) is 0.100. The van der Waals surface area contributed by atoms with Crippen LogP contribution < -0.4 is 10.8 Å². The Labute approximate surface area is 157 Å². The third kappa shape index (κ3) is 3.72. The Kier molecular flexibility index (Phi) is 4.42. The van der Waals surface area contributed by atoms with E-state index in [9.17, 15) is 4.79 Å². The van der Waals surface area contributed by atoms with Crippen LogP contribution in [0.1, 0.15) is 5.56 Å². The molecule has 0 saturated carbocycles. The van der Waals surface area contributed by atoms with Gasteiger partial charge in [-0.25, -0.2) is 9.97 Å². The normalized spacial score (nSPS) is 10.9. The van der Waals surface area contributed by atoms with Crippen molar-refractivity contribution in [2.45, 2.75) is 6.42 Å². The Balaban J connectivity index is 1.71. The average molecular weight is 353 g/mol. The Morgan fingerprint density at radius 3 is 2.81 bits per heavy atom. The second kappa shape index (κ2) is 7.03. The van der Waals surface area contributed by atoms with Crippen LogP contribution in [0.4, 0.5) is 11.6 Å².